The fraction of sp³-hybridized carbons (Fsp3) is 0.0909. The lowest BCUT2D eigenvalue weighted by atomic mass is 10.1. The number of ketones is 1. The van der Waals surface area contributed by atoms with Crippen LogP contribution in [0.3, 0.4) is 0 Å². The Labute approximate surface area is 89.6 Å². The summed E-state index contributed by atoms with van der Waals surface area (Å²) in [5.41, 5.74) is -0.830. The number of rotatable bonds is 1. The van der Waals surface area contributed by atoms with Gasteiger partial charge in [0.25, 0.3) is 0 Å². The van der Waals surface area contributed by atoms with Gasteiger partial charge in [0, 0.05) is 11.5 Å². The topological polar surface area (TPSA) is 87.7 Å². The van der Waals surface area contributed by atoms with Crippen molar-refractivity contribution in [2.24, 2.45) is 0 Å². The van der Waals surface area contributed by atoms with Crippen LogP contribution in [-0.4, -0.2) is 16.0 Å². The lowest BCUT2D eigenvalue weighted by Crippen LogP contribution is -2.00. The third kappa shape index (κ3) is 1.42. The van der Waals surface area contributed by atoms with Gasteiger partial charge in [-0.3, -0.25) is 4.79 Å². The van der Waals surface area contributed by atoms with E-state index in [2.05, 4.69) is 0 Å². The molecule has 0 atom stereocenters. The average Bonchev–Trinajstić information content (AvgIpc) is 2.20. The number of aromatic hydroxyl groups is 2. The molecule has 2 aromatic rings. The summed E-state index contributed by atoms with van der Waals surface area (Å²) in [5.74, 6) is -1.49. The van der Waals surface area contributed by atoms with Crippen molar-refractivity contribution in [2.75, 3.05) is 0 Å². The molecule has 2 N–H and O–H groups in total. The summed E-state index contributed by atoms with van der Waals surface area (Å²) in [7, 11) is 0. The fourth-order valence-corrected chi connectivity index (χ4v) is 1.51. The third-order valence-corrected chi connectivity index (χ3v) is 2.21. The maximum atomic E-state index is 11.3. The lowest BCUT2D eigenvalue weighted by Gasteiger charge is -2.06. The Morgan fingerprint density at radius 2 is 2.00 bits per heavy atom. The zero-order valence-corrected chi connectivity index (χ0v) is 8.35. The number of phenolic OH excluding ortho intramolecular Hbond substituents is 2. The zero-order chi connectivity index (χ0) is 11.9. The van der Waals surface area contributed by atoms with E-state index in [9.17, 15) is 19.8 Å². The van der Waals surface area contributed by atoms with Crippen molar-refractivity contribution in [1.29, 1.82) is 0 Å². The second-order valence-corrected chi connectivity index (χ2v) is 3.35. The van der Waals surface area contributed by atoms with Gasteiger partial charge in [0.15, 0.2) is 22.9 Å². The highest BCUT2D eigenvalue weighted by molar-refractivity contribution is 6.08. The highest BCUT2D eigenvalue weighted by atomic mass is 16.4. The Morgan fingerprint density at radius 1 is 1.31 bits per heavy atom. The molecule has 1 aromatic heterocycles. The first-order valence-corrected chi connectivity index (χ1v) is 4.50. The van der Waals surface area contributed by atoms with E-state index in [4.69, 9.17) is 4.42 Å². The standard InChI is InChI=1S/C11H8O5/c1-5(12)9-10(15)7(13)4-6-2-3-8(14)16-11(6)9/h2-4,13,15H,1H3. The smallest absolute Gasteiger partial charge is 0.336 e. The van der Waals surface area contributed by atoms with Crippen LogP contribution in [0.5, 0.6) is 11.5 Å². The van der Waals surface area contributed by atoms with Crippen LogP contribution >= 0.6 is 0 Å². The number of phenols is 2. The van der Waals surface area contributed by atoms with Crippen molar-refractivity contribution in [2.45, 2.75) is 6.92 Å². The molecule has 0 bridgehead atoms. The minimum Gasteiger partial charge on any atom is -0.504 e. The number of fused-ring (bicyclic) bond motifs is 1. The van der Waals surface area contributed by atoms with E-state index in [0.717, 1.165) is 0 Å². The molecule has 16 heavy (non-hydrogen) atoms. The van der Waals surface area contributed by atoms with Crippen molar-refractivity contribution >= 4 is 16.8 Å². The predicted octanol–water partition coefficient (Wildman–Crippen LogP) is 1.41. The van der Waals surface area contributed by atoms with Crippen LogP contribution in [0.1, 0.15) is 17.3 Å². The van der Waals surface area contributed by atoms with Crippen LogP contribution in [0, 0.1) is 0 Å². The molecule has 2 rings (SSSR count). The van der Waals surface area contributed by atoms with Crippen LogP contribution in [0.2, 0.25) is 0 Å². The maximum Gasteiger partial charge on any atom is 0.336 e. The number of carbonyl (C=O) groups is 1. The molecule has 0 radical (unpaired) electrons. The van der Waals surface area contributed by atoms with Gasteiger partial charge < -0.3 is 14.6 Å². The molecule has 82 valence electrons. The first kappa shape index (κ1) is 10.2. The van der Waals surface area contributed by atoms with E-state index in [1.165, 1.54) is 25.1 Å². The lowest BCUT2D eigenvalue weighted by molar-refractivity contribution is 0.101. The monoisotopic (exact) mass is 220 g/mol. The van der Waals surface area contributed by atoms with Crippen molar-refractivity contribution in [1.82, 2.24) is 0 Å². The Bertz CT molecular complexity index is 639. The first-order valence-electron chi connectivity index (χ1n) is 4.50. The van der Waals surface area contributed by atoms with E-state index < -0.39 is 22.9 Å². The van der Waals surface area contributed by atoms with Crippen molar-refractivity contribution in [3.63, 3.8) is 0 Å². The van der Waals surface area contributed by atoms with Gasteiger partial charge in [-0.05, 0) is 19.1 Å². The number of carbonyl (C=O) groups excluding carboxylic acids is 1. The highest BCUT2D eigenvalue weighted by Gasteiger charge is 2.18. The van der Waals surface area contributed by atoms with Crippen LogP contribution in [0.4, 0.5) is 0 Å². The summed E-state index contributed by atoms with van der Waals surface area (Å²) in [5, 5.41) is 19.3. The number of Topliss-reactive ketones (excluding diaryl/α,β-unsaturated/α-hetero) is 1. The van der Waals surface area contributed by atoms with Crippen molar-refractivity contribution in [3.8, 4) is 11.5 Å². The number of hydrogen-bond acceptors (Lipinski definition) is 5. The Kier molecular flexibility index (Phi) is 2.16. The zero-order valence-electron chi connectivity index (χ0n) is 8.35. The minimum absolute atomic E-state index is 0.0182. The fourth-order valence-electron chi connectivity index (χ4n) is 1.51. The average molecular weight is 220 g/mol. The molecule has 0 unspecified atom stereocenters. The van der Waals surface area contributed by atoms with Crippen LogP contribution in [0.25, 0.3) is 11.0 Å². The molecule has 5 nitrogen and oxygen atoms in total. The van der Waals surface area contributed by atoms with Gasteiger partial charge in [0.2, 0.25) is 0 Å². The summed E-state index contributed by atoms with van der Waals surface area (Å²) in [6.45, 7) is 1.21. The molecule has 0 saturated carbocycles. The minimum atomic E-state index is -0.625. The second-order valence-electron chi connectivity index (χ2n) is 3.35. The summed E-state index contributed by atoms with van der Waals surface area (Å²) in [6, 6.07) is 3.80. The van der Waals surface area contributed by atoms with Crippen molar-refractivity contribution < 1.29 is 19.4 Å². The summed E-state index contributed by atoms with van der Waals surface area (Å²) >= 11 is 0. The molecule has 5 heteroatoms. The van der Waals surface area contributed by atoms with Crippen LogP contribution < -0.4 is 5.63 Å². The van der Waals surface area contributed by atoms with Crippen LogP contribution in [0.15, 0.2) is 27.4 Å². The molecule has 0 aliphatic carbocycles. The van der Waals surface area contributed by atoms with Gasteiger partial charge in [-0.2, -0.15) is 0 Å². The van der Waals surface area contributed by atoms with Gasteiger partial charge >= 0.3 is 5.63 Å². The van der Waals surface area contributed by atoms with Gasteiger partial charge in [0.1, 0.15) is 5.56 Å². The molecular formula is C11H8O5. The van der Waals surface area contributed by atoms with Gasteiger partial charge in [0.05, 0.1) is 0 Å². The first-order chi connectivity index (χ1) is 7.50. The molecule has 0 fully saturated rings. The van der Waals surface area contributed by atoms with E-state index >= 15 is 0 Å². The Morgan fingerprint density at radius 3 is 2.62 bits per heavy atom. The molecule has 0 amide bonds. The van der Waals surface area contributed by atoms with Gasteiger partial charge in [-0.15, -0.1) is 0 Å². The Hall–Kier alpha value is -2.30. The molecule has 0 aliphatic heterocycles. The number of hydrogen-bond donors (Lipinski definition) is 2. The van der Waals surface area contributed by atoms with E-state index in [0.29, 0.717) is 5.39 Å². The molecule has 1 aromatic carbocycles. The quantitative estimate of drug-likeness (QED) is 0.431. The predicted molar refractivity (Wildman–Crippen MR) is 55.8 cm³/mol. The third-order valence-electron chi connectivity index (χ3n) is 2.21. The molecular weight excluding hydrogens is 212 g/mol. The normalized spacial score (nSPS) is 10.6. The van der Waals surface area contributed by atoms with E-state index in [1.54, 1.807) is 0 Å². The largest absolute Gasteiger partial charge is 0.504 e. The summed E-state index contributed by atoms with van der Waals surface area (Å²) < 4.78 is 4.84. The summed E-state index contributed by atoms with van der Waals surface area (Å²) in [6.07, 6.45) is 0. The van der Waals surface area contributed by atoms with E-state index in [-0.39, 0.29) is 11.1 Å². The molecule has 0 spiro atoms. The van der Waals surface area contributed by atoms with Crippen LogP contribution in [-0.2, 0) is 0 Å². The van der Waals surface area contributed by atoms with Crippen molar-refractivity contribution in [3.05, 3.63) is 34.2 Å². The second kappa shape index (κ2) is 3.37. The number of benzene rings is 1. The molecule has 0 saturated heterocycles. The highest BCUT2D eigenvalue weighted by Crippen LogP contribution is 2.35. The van der Waals surface area contributed by atoms with E-state index in [1.807, 2.05) is 0 Å². The van der Waals surface area contributed by atoms with Gasteiger partial charge in [-0.1, -0.05) is 0 Å². The van der Waals surface area contributed by atoms with Gasteiger partial charge in [-0.25, -0.2) is 4.79 Å². The maximum absolute atomic E-state index is 11.3. The molecule has 0 aliphatic rings. The molecule has 1 heterocycles. The Balaban J connectivity index is 3.02. The summed E-state index contributed by atoms with van der Waals surface area (Å²) in [4.78, 5) is 22.3. The SMILES string of the molecule is CC(=O)c1c(O)c(O)cc2ccc(=O)oc12.